The molecule has 13 heavy (non-hydrogen) atoms. The second-order valence-corrected chi connectivity index (χ2v) is 4.55. The number of likely N-dealkylation sites (tertiary alicyclic amines) is 1. The topological polar surface area (TPSA) is 49.5 Å². The SMILES string of the molecule is CC1CC(C)CN(CC(O)CN)C1. The van der Waals surface area contributed by atoms with E-state index < -0.39 is 0 Å². The van der Waals surface area contributed by atoms with Gasteiger partial charge in [-0.15, -0.1) is 0 Å². The molecule has 1 aliphatic rings. The summed E-state index contributed by atoms with van der Waals surface area (Å²) in [6.45, 7) is 7.89. The number of hydrogen-bond donors (Lipinski definition) is 2. The Morgan fingerprint density at radius 1 is 1.38 bits per heavy atom. The van der Waals surface area contributed by atoms with Gasteiger partial charge in [0, 0.05) is 26.2 Å². The molecule has 3 heteroatoms. The Kier molecular flexibility index (Phi) is 4.16. The van der Waals surface area contributed by atoms with Crippen LogP contribution in [-0.2, 0) is 0 Å². The van der Waals surface area contributed by atoms with Crippen LogP contribution in [0.4, 0.5) is 0 Å². The first-order chi connectivity index (χ1) is 6.11. The van der Waals surface area contributed by atoms with Crippen molar-refractivity contribution in [1.82, 2.24) is 4.90 Å². The second-order valence-electron chi connectivity index (χ2n) is 4.55. The minimum absolute atomic E-state index is 0.350. The normalized spacial score (nSPS) is 33.2. The van der Waals surface area contributed by atoms with Crippen LogP contribution in [0.25, 0.3) is 0 Å². The first-order valence-electron chi connectivity index (χ1n) is 5.22. The average molecular weight is 186 g/mol. The molecule has 0 spiro atoms. The van der Waals surface area contributed by atoms with E-state index in [1.165, 1.54) is 6.42 Å². The maximum absolute atomic E-state index is 9.42. The van der Waals surface area contributed by atoms with E-state index in [0.717, 1.165) is 31.5 Å². The fourth-order valence-electron chi connectivity index (χ4n) is 2.31. The first kappa shape index (κ1) is 11.0. The van der Waals surface area contributed by atoms with Crippen molar-refractivity contribution in [1.29, 1.82) is 0 Å². The van der Waals surface area contributed by atoms with Crippen molar-refractivity contribution in [3.8, 4) is 0 Å². The summed E-state index contributed by atoms with van der Waals surface area (Å²) in [5, 5.41) is 9.42. The van der Waals surface area contributed by atoms with Crippen LogP contribution in [0.2, 0.25) is 0 Å². The van der Waals surface area contributed by atoms with Gasteiger partial charge in [-0.1, -0.05) is 13.8 Å². The lowest BCUT2D eigenvalue weighted by Crippen LogP contribution is -2.44. The summed E-state index contributed by atoms with van der Waals surface area (Å²) >= 11 is 0. The fraction of sp³-hybridized carbons (Fsp3) is 1.00. The molecule has 0 aromatic heterocycles. The zero-order valence-electron chi connectivity index (χ0n) is 8.74. The van der Waals surface area contributed by atoms with E-state index in [9.17, 15) is 5.11 Å². The molecule has 0 amide bonds. The minimum Gasteiger partial charge on any atom is -0.390 e. The largest absolute Gasteiger partial charge is 0.390 e. The lowest BCUT2D eigenvalue weighted by Gasteiger charge is -2.35. The predicted molar refractivity (Wildman–Crippen MR) is 54.4 cm³/mol. The van der Waals surface area contributed by atoms with Crippen LogP contribution < -0.4 is 5.73 Å². The van der Waals surface area contributed by atoms with Crippen molar-refractivity contribution in [3.05, 3.63) is 0 Å². The van der Waals surface area contributed by atoms with Gasteiger partial charge < -0.3 is 15.7 Å². The third-order valence-corrected chi connectivity index (χ3v) is 2.69. The lowest BCUT2D eigenvalue weighted by molar-refractivity contribution is 0.0742. The first-order valence-corrected chi connectivity index (χ1v) is 5.22. The van der Waals surface area contributed by atoms with Crippen molar-refractivity contribution < 1.29 is 5.11 Å². The zero-order chi connectivity index (χ0) is 9.84. The van der Waals surface area contributed by atoms with Gasteiger partial charge in [-0.05, 0) is 18.3 Å². The molecule has 0 aromatic carbocycles. The van der Waals surface area contributed by atoms with Gasteiger partial charge in [0.1, 0.15) is 0 Å². The van der Waals surface area contributed by atoms with E-state index in [1.54, 1.807) is 0 Å². The van der Waals surface area contributed by atoms with Gasteiger partial charge in [0.15, 0.2) is 0 Å². The third-order valence-electron chi connectivity index (χ3n) is 2.69. The highest BCUT2D eigenvalue weighted by Gasteiger charge is 2.22. The smallest absolute Gasteiger partial charge is 0.0789 e. The summed E-state index contributed by atoms with van der Waals surface area (Å²) in [7, 11) is 0. The van der Waals surface area contributed by atoms with E-state index in [2.05, 4.69) is 18.7 Å². The minimum atomic E-state index is -0.350. The van der Waals surface area contributed by atoms with Gasteiger partial charge in [-0.2, -0.15) is 0 Å². The molecule has 3 nitrogen and oxygen atoms in total. The van der Waals surface area contributed by atoms with Gasteiger partial charge >= 0.3 is 0 Å². The van der Waals surface area contributed by atoms with Crippen molar-refractivity contribution in [3.63, 3.8) is 0 Å². The molecule has 1 rings (SSSR count). The van der Waals surface area contributed by atoms with Gasteiger partial charge in [-0.3, -0.25) is 0 Å². The Morgan fingerprint density at radius 2 is 1.92 bits per heavy atom. The Morgan fingerprint density at radius 3 is 2.38 bits per heavy atom. The van der Waals surface area contributed by atoms with Gasteiger partial charge in [-0.25, -0.2) is 0 Å². The molecule has 0 aromatic rings. The number of nitrogens with zero attached hydrogens (tertiary/aromatic N) is 1. The quantitative estimate of drug-likeness (QED) is 0.666. The molecule has 0 bridgehead atoms. The molecule has 3 atom stereocenters. The third kappa shape index (κ3) is 3.63. The molecular weight excluding hydrogens is 164 g/mol. The van der Waals surface area contributed by atoms with Crippen LogP contribution in [0.1, 0.15) is 20.3 Å². The molecule has 0 radical (unpaired) electrons. The molecule has 78 valence electrons. The molecule has 0 aliphatic carbocycles. The number of aliphatic hydroxyl groups is 1. The summed E-state index contributed by atoms with van der Waals surface area (Å²) in [6, 6.07) is 0. The van der Waals surface area contributed by atoms with Crippen LogP contribution in [0.5, 0.6) is 0 Å². The van der Waals surface area contributed by atoms with E-state index in [4.69, 9.17) is 5.73 Å². The van der Waals surface area contributed by atoms with Crippen LogP contribution in [-0.4, -0.2) is 42.3 Å². The number of piperidine rings is 1. The van der Waals surface area contributed by atoms with Gasteiger partial charge in [0.2, 0.25) is 0 Å². The summed E-state index contributed by atoms with van der Waals surface area (Å²) in [6.07, 6.45) is 0.965. The van der Waals surface area contributed by atoms with E-state index in [1.807, 2.05) is 0 Å². The summed E-state index contributed by atoms with van der Waals surface area (Å²) in [4.78, 5) is 2.33. The maximum Gasteiger partial charge on any atom is 0.0789 e. The monoisotopic (exact) mass is 186 g/mol. The Labute approximate surface area is 80.9 Å². The second kappa shape index (κ2) is 4.94. The van der Waals surface area contributed by atoms with Crippen LogP contribution >= 0.6 is 0 Å². The maximum atomic E-state index is 9.42. The van der Waals surface area contributed by atoms with Crippen molar-refractivity contribution in [2.24, 2.45) is 17.6 Å². The highest BCUT2D eigenvalue weighted by atomic mass is 16.3. The van der Waals surface area contributed by atoms with E-state index in [-0.39, 0.29) is 6.10 Å². The van der Waals surface area contributed by atoms with Crippen molar-refractivity contribution in [2.45, 2.75) is 26.4 Å². The van der Waals surface area contributed by atoms with E-state index >= 15 is 0 Å². The predicted octanol–water partition coefficient (Wildman–Crippen LogP) is 0.284. The van der Waals surface area contributed by atoms with Crippen molar-refractivity contribution >= 4 is 0 Å². The van der Waals surface area contributed by atoms with Gasteiger partial charge in [0.05, 0.1) is 6.10 Å². The Hall–Kier alpha value is -0.120. The molecule has 0 saturated carbocycles. The van der Waals surface area contributed by atoms with Crippen LogP contribution in [0.3, 0.4) is 0 Å². The number of nitrogens with two attached hydrogens (primary N) is 1. The Balaban J connectivity index is 2.32. The number of β-amino-alcohol motifs (C(OH)–C–C–N with tert-alkyl or cyclic N) is 1. The molecule has 1 heterocycles. The summed E-state index contributed by atoms with van der Waals surface area (Å²) < 4.78 is 0. The molecule has 3 N–H and O–H groups in total. The molecular formula is C10H22N2O. The highest BCUT2D eigenvalue weighted by molar-refractivity contribution is 4.76. The summed E-state index contributed by atoms with van der Waals surface area (Å²) in [5.41, 5.74) is 5.38. The molecule has 1 fully saturated rings. The molecule has 1 aliphatic heterocycles. The van der Waals surface area contributed by atoms with Crippen molar-refractivity contribution in [2.75, 3.05) is 26.2 Å². The highest BCUT2D eigenvalue weighted by Crippen LogP contribution is 2.20. The fourth-order valence-corrected chi connectivity index (χ4v) is 2.31. The number of rotatable bonds is 3. The molecule has 3 unspecified atom stereocenters. The molecule has 1 saturated heterocycles. The Bertz CT molecular complexity index is 142. The number of hydrogen-bond acceptors (Lipinski definition) is 3. The van der Waals surface area contributed by atoms with Gasteiger partial charge in [0.25, 0.3) is 0 Å². The van der Waals surface area contributed by atoms with Crippen LogP contribution in [0.15, 0.2) is 0 Å². The van der Waals surface area contributed by atoms with E-state index in [0.29, 0.717) is 6.54 Å². The number of aliphatic hydroxyl groups excluding tert-OH is 1. The summed E-state index contributed by atoms with van der Waals surface area (Å²) in [5.74, 6) is 1.52. The standard InChI is InChI=1S/C10H22N2O/c1-8-3-9(2)6-12(5-8)7-10(13)4-11/h8-10,13H,3-7,11H2,1-2H3. The lowest BCUT2D eigenvalue weighted by atomic mass is 9.92. The average Bonchev–Trinajstić information content (AvgIpc) is 2.02. The van der Waals surface area contributed by atoms with Crippen LogP contribution in [0, 0.1) is 11.8 Å². The zero-order valence-corrected chi connectivity index (χ0v) is 8.74.